The quantitative estimate of drug-likeness (QED) is 0.330. The number of aromatic hydroxyl groups is 1. The molecule has 1 aliphatic heterocycles. The van der Waals surface area contributed by atoms with Gasteiger partial charge in [0.25, 0.3) is 0 Å². The Morgan fingerprint density at radius 1 is 1.16 bits per heavy atom. The summed E-state index contributed by atoms with van der Waals surface area (Å²) in [4.78, 5) is 29.7. The third kappa shape index (κ3) is 6.71. The summed E-state index contributed by atoms with van der Waals surface area (Å²) in [6.07, 6.45) is 12.1. The lowest BCUT2D eigenvalue weighted by Gasteiger charge is -2.30. The average molecular weight is 541 g/mol. The molecule has 2 bridgehead atoms. The molecule has 1 unspecified atom stereocenters. The maximum atomic E-state index is 12.6. The molecular weight excluding hydrogens is 504 g/mol. The van der Waals surface area contributed by atoms with E-state index in [1.54, 1.807) is 24.4 Å². The van der Waals surface area contributed by atoms with Gasteiger partial charge in [0.2, 0.25) is 0 Å². The summed E-state index contributed by atoms with van der Waals surface area (Å²) < 4.78 is 5.23. The monoisotopic (exact) mass is 540 g/mol. The van der Waals surface area contributed by atoms with E-state index in [0.29, 0.717) is 30.3 Å². The molecule has 1 spiro atoms. The van der Waals surface area contributed by atoms with Gasteiger partial charge in [-0.05, 0) is 72.6 Å². The van der Waals surface area contributed by atoms with Gasteiger partial charge in [-0.25, -0.2) is 4.98 Å². The summed E-state index contributed by atoms with van der Waals surface area (Å²) in [6, 6.07) is 5.57. The highest BCUT2D eigenvalue weighted by Crippen LogP contribution is 2.56. The first-order valence-corrected chi connectivity index (χ1v) is 15.3. The number of fused-ring (bicyclic) bond motifs is 4. The Bertz CT molecular complexity index is 1170. The number of carbonyl (C=O) groups excluding carboxylic acids is 2. The van der Waals surface area contributed by atoms with Crippen molar-refractivity contribution >= 4 is 45.0 Å². The van der Waals surface area contributed by atoms with Crippen LogP contribution >= 0.6 is 21.6 Å². The topological polar surface area (TPSA) is 103 Å². The molecule has 0 radical (unpaired) electrons. The maximum Gasteiger partial charge on any atom is 0.163 e. The molecule has 2 aliphatic rings. The Balaban J connectivity index is 1.76. The molecule has 1 atom stereocenters. The molecule has 1 aromatic carbocycles. The highest BCUT2D eigenvalue weighted by molar-refractivity contribution is 8.77. The van der Waals surface area contributed by atoms with Crippen molar-refractivity contribution in [1.29, 1.82) is 0 Å². The fraction of sp³-hybridized carbons (Fsp3) is 0.483. The van der Waals surface area contributed by atoms with E-state index in [2.05, 4.69) is 18.0 Å². The third-order valence-electron chi connectivity index (χ3n) is 7.46. The molecule has 1 fully saturated rings. The van der Waals surface area contributed by atoms with E-state index < -0.39 is 0 Å². The molecule has 1 aromatic heterocycles. The van der Waals surface area contributed by atoms with Gasteiger partial charge >= 0.3 is 0 Å². The number of hydrogen-bond acceptors (Lipinski definition) is 8. The van der Waals surface area contributed by atoms with Gasteiger partial charge in [0.1, 0.15) is 11.6 Å². The number of pyridine rings is 1. The molecule has 198 valence electrons. The second-order valence-corrected chi connectivity index (χ2v) is 12.8. The van der Waals surface area contributed by atoms with Crippen molar-refractivity contribution in [2.45, 2.75) is 69.5 Å². The minimum Gasteiger partial charge on any atom is -0.504 e. The normalized spacial score (nSPS) is 20.9. The zero-order valence-corrected chi connectivity index (χ0v) is 23.3. The largest absolute Gasteiger partial charge is 0.504 e. The first-order valence-electron chi connectivity index (χ1n) is 13.0. The summed E-state index contributed by atoms with van der Waals surface area (Å²) in [5.41, 5.74) is 10.1. The predicted octanol–water partition coefficient (Wildman–Crippen LogP) is 6.48. The van der Waals surface area contributed by atoms with Gasteiger partial charge in [-0.2, -0.15) is 0 Å². The summed E-state index contributed by atoms with van der Waals surface area (Å²) in [7, 11) is 5.28. The number of carbonyl (C=O) groups is 2. The van der Waals surface area contributed by atoms with Crippen molar-refractivity contribution in [3.05, 3.63) is 52.7 Å². The summed E-state index contributed by atoms with van der Waals surface area (Å²) in [5.74, 6) is 2.09. The van der Waals surface area contributed by atoms with Crippen LogP contribution in [-0.4, -0.2) is 34.5 Å². The molecule has 6 nitrogen and oxygen atoms in total. The number of anilines is 1. The first kappa shape index (κ1) is 27.6. The lowest BCUT2D eigenvalue weighted by Crippen LogP contribution is -2.20. The number of allylic oxidation sites excluding steroid dienone is 1. The molecule has 2 heterocycles. The summed E-state index contributed by atoms with van der Waals surface area (Å²) in [5, 5.41) is 10.5. The number of nitrogens with two attached hydrogens (primary N) is 1. The molecule has 1 saturated carbocycles. The number of Topliss-reactive ketones (excluding diaryl/α,β-unsaturated/α-hetero) is 1. The molecule has 8 heteroatoms. The Hall–Kier alpha value is -2.45. The summed E-state index contributed by atoms with van der Waals surface area (Å²) >= 11 is 0. The molecule has 37 heavy (non-hydrogen) atoms. The minimum atomic E-state index is -0.221. The number of benzene rings is 1. The number of ketones is 2. The summed E-state index contributed by atoms with van der Waals surface area (Å²) in [6.45, 7) is 2.17. The number of nitrogen functional groups attached to an aromatic ring is 1. The second kappa shape index (κ2) is 12.4. The lowest BCUT2D eigenvalue weighted by atomic mass is 9.93. The van der Waals surface area contributed by atoms with E-state index in [0.717, 1.165) is 66.5 Å². The van der Waals surface area contributed by atoms with Crippen LogP contribution in [0.25, 0.3) is 6.08 Å². The number of hydrogen-bond donors (Lipinski definition) is 2. The van der Waals surface area contributed by atoms with Gasteiger partial charge in [-0.1, -0.05) is 53.9 Å². The van der Waals surface area contributed by atoms with Crippen LogP contribution in [0.1, 0.15) is 80.5 Å². The fourth-order valence-electron chi connectivity index (χ4n) is 5.18. The predicted molar refractivity (Wildman–Crippen MR) is 153 cm³/mol. The van der Waals surface area contributed by atoms with Gasteiger partial charge in [0.15, 0.2) is 17.3 Å². The van der Waals surface area contributed by atoms with Crippen LogP contribution < -0.4 is 10.5 Å². The van der Waals surface area contributed by atoms with E-state index in [4.69, 9.17) is 10.5 Å². The highest BCUT2D eigenvalue weighted by Gasteiger charge is 2.39. The van der Waals surface area contributed by atoms with E-state index in [1.165, 1.54) is 13.2 Å². The van der Waals surface area contributed by atoms with Crippen molar-refractivity contribution in [3.8, 4) is 11.5 Å². The molecule has 0 amide bonds. The van der Waals surface area contributed by atoms with Crippen molar-refractivity contribution in [2.75, 3.05) is 18.6 Å². The van der Waals surface area contributed by atoms with Crippen LogP contribution in [0.5, 0.6) is 11.5 Å². The fourth-order valence-corrected chi connectivity index (χ4v) is 9.01. The van der Waals surface area contributed by atoms with Crippen LogP contribution in [0.3, 0.4) is 0 Å². The van der Waals surface area contributed by atoms with Crippen molar-refractivity contribution in [3.63, 3.8) is 0 Å². The van der Waals surface area contributed by atoms with Crippen molar-refractivity contribution in [2.24, 2.45) is 5.92 Å². The van der Waals surface area contributed by atoms with Crippen LogP contribution in [0.15, 0.2) is 30.5 Å². The van der Waals surface area contributed by atoms with Crippen molar-refractivity contribution < 1.29 is 19.4 Å². The Kier molecular flexibility index (Phi) is 9.24. The lowest BCUT2D eigenvalue weighted by molar-refractivity contribution is -0.124. The second-order valence-electron chi connectivity index (χ2n) is 10.1. The standard InChI is InChI=1S/C29H36N2O4S2/c1-3-19-6-8-23(32)16-24(33)9-7-21-15-27(35-2)26(34)14-22(21)12-20-13-25(28(30)31-17-20)29(37-36-18-19)10-4-5-11-29/h7,9,13-15,17,19,34H,3-6,8,10-12,16,18H2,1-2H3,(H2,30,31). The minimum absolute atomic E-state index is 0.0172. The molecule has 3 N–H and O–H groups in total. The number of phenolic OH excluding ortho intramolecular Hbond substituents is 1. The highest BCUT2D eigenvalue weighted by atomic mass is 33.1. The molecular formula is C29H36N2O4S2. The number of phenols is 1. The number of methoxy groups -OCH3 is 1. The van der Waals surface area contributed by atoms with E-state index in [9.17, 15) is 14.7 Å². The van der Waals surface area contributed by atoms with E-state index >= 15 is 0 Å². The number of nitrogens with zero attached hydrogens (tertiary/aromatic N) is 1. The van der Waals surface area contributed by atoms with Crippen LogP contribution in [-0.2, 0) is 20.8 Å². The number of rotatable bonds is 2. The van der Waals surface area contributed by atoms with Gasteiger partial charge in [0.05, 0.1) is 18.3 Å². The molecule has 2 aromatic rings. The Morgan fingerprint density at radius 3 is 2.68 bits per heavy atom. The number of ether oxygens (including phenoxy) is 1. The van der Waals surface area contributed by atoms with E-state index in [1.807, 2.05) is 21.6 Å². The zero-order valence-electron chi connectivity index (χ0n) is 21.6. The molecule has 1 aliphatic carbocycles. The Labute approximate surface area is 227 Å². The smallest absolute Gasteiger partial charge is 0.163 e. The van der Waals surface area contributed by atoms with Gasteiger partial charge in [-0.15, -0.1) is 0 Å². The van der Waals surface area contributed by atoms with Crippen LogP contribution in [0.4, 0.5) is 5.82 Å². The van der Waals surface area contributed by atoms with Gasteiger partial charge in [0, 0.05) is 23.9 Å². The maximum absolute atomic E-state index is 12.6. The van der Waals surface area contributed by atoms with Crippen molar-refractivity contribution in [1.82, 2.24) is 4.98 Å². The average Bonchev–Trinajstić information content (AvgIpc) is 3.36. The van der Waals surface area contributed by atoms with Crippen LogP contribution in [0, 0.1) is 5.92 Å². The molecule has 4 rings (SSSR count). The first-order chi connectivity index (χ1) is 17.8. The Morgan fingerprint density at radius 2 is 1.95 bits per heavy atom. The van der Waals surface area contributed by atoms with E-state index in [-0.39, 0.29) is 28.5 Å². The van der Waals surface area contributed by atoms with Gasteiger partial charge < -0.3 is 15.6 Å². The van der Waals surface area contributed by atoms with Crippen LogP contribution in [0.2, 0.25) is 0 Å². The number of aromatic nitrogens is 1. The molecule has 0 saturated heterocycles. The third-order valence-corrected chi connectivity index (χ3v) is 10.9. The SMILES string of the molecule is CCC1CCC(=O)CC(=O)C=Cc2cc(OC)c(O)cc2Cc2cnc(N)c(c2)C2(CCCC2)SSC1. The zero-order chi connectivity index (χ0) is 26.4. The van der Waals surface area contributed by atoms with Gasteiger partial charge in [-0.3, -0.25) is 9.59 Å².